The van der Waals surface area contributed by atoms with Crippen LogP contribution in [0.5, 0.6) is 0 Å². The molecule has 0 unspecified atom stereocenters. The minimum absolute atomic E-state index is 0.619. The molecule has 51 heavy (non-hydrogen) atoms. The summed E-state index contributed by atoms with van der Waals surface area (Å²) in [5.74, 6) is 0.619. The molecule has 0 aliphatic heterocycles. The average Bonchev–Trinajstić information content (AvgIpc) is 3.82. The molecule has 2 aromatic heterocycles. The molecule has 8 aromatic carbocycles. The zero-order chi connectivity index (χ0) is 33.7. The Morgan fingerprint density at radius 3 is 1.94 bits per heavy atom. The van der Waals surface area contributed by atoms with E-state index in [1.54, 1.807) is 0 Å². The third-order valence-corrected chi connectivity index (χ3v) is 9.71. The summed E-state index contributed by atoms with van der Waals surface area (Å²) < 4.78 is 12.7. The fourth-order valence-corrected chi connectivity index (χ4v) is 7.26. The number of benzene rings is 8. The highest BCUT2D eigenvalue weighted by Crippen LogP contribution is 2.44. The average molecular weight is 655 g/mol. The molecule has 0 spiro atoms. The number of oxazole rings is 1. The van der Waals surface area contributed by atoms with Crippen LogP contribution in [0.2, 0.25) is 0 Å². The second-order valence-electron chi connectivity index (χ2n) is 12.7. The summed E-state index contributed by atoms with van der Waals surface area (Å²) in [6.45, 7) is 0. The molecule has 0 atom stereocenters. The summed E-state index contributed by atoms with van der Waals surface area (Å²) in [7, 11) is 0. The van der Waals surface area contributed by atoms with Gasteiger partial charge >= 0.3 is 0 Å². The third kappa shape index (κ3) is 4.96. The topological polar surface area (TPSA) is 42.4 Å². The third-order valence-electron chi connectivity index (χ3n) is 9.71. The van der Waals surface area contributed by atoms with Crippen molar-refractivity contribution in [3.8, 4) is 33.7 Å². The van der Waals surface area contributed by atoms with Crippen LogP contribution in [-0.2, 0) is 0 Å². The smallest absolute Gasteiger partial charge is 0.227 e. The Balaban J connectivity index is 1.13. The first kappa shape index (κ1) is 29.0. The summed E-state index contributed by atoms with van der Waals surface area (Å²) in [4.78, 5) is 7.28. The van der Waals surface area contributed by atoms with Gasteiger partial charge in [0.05, 0.1) is 5.69 Å². The Morgan fingerprint density at radius 1 is 0.412 bits per heavy atom. The number of hydrogen-bond donors (Lipinski definition) is 0. The van der Waals surface area contributed by atoms with Gasteiger partial charge in [-0.2, -0.15) is 0 Å². The molecule has 0 fully saturated rings. The minimum atomic E-state index is 0.619. The van der Waals surface area contributed by atoms with Gasteiger partial charge in [-0.05, 0) is 77.2 Å². The summed E-state index contributed by atoms with van der Waals surface area (Å²) in [6.07, 6.45) is 0. The maximum Gasteiger partial charge on any atom is 0.227 e. The van der Waals surface area contributed by atoms with E-state index in [0.717, 1.165) is 83.3 Å². The highest BCUT2D eigenvalue weighted by atomic mass is 16.3. The van der Waals surface area contributed by atoms with Crippen molar-refractivity contribution in [3.05, 3.63) is 182 Å². The van der Waals surface area contributed by atoms with Crippen molar-refractivity contribution in [2.75, 3.05) is 4.90 Å². The van der Waals surface area contributed by atoms with Crippen molar-refractivity contribution in [2.24, 2.45) is 0 Å². The molecule has 4 heteroatoms. The summed E-state index contributed by atoms with van der Waals surface area (Å²) in [5.41, 5.74) is 11.9. The van der Waals surface area contributed by atoms with Crippen molar-refractivity contribution in [3.63, 3.8) is 0 Å². The first-order valence-corrected chi connectivity index (χ1v) is 17.1. The molecule has 10 rings (SSSR count). The van der Waals surface area contributed by atoms with E-state index in [9.17, 15) is 0 Å². The Bertz CT molecular complexity index is 2850. The normalized spacial score (nSPS) is 11.5. The van der Waals surface area contributed by atoms with Crippen molar-refractivity contribution in [2.45, 2.75) is 0 Å². The first-order chi connectivity index (χ1) is 25.3. The maximum atomic E-state index is 6.50. The molecule has 240 valence electrons. The number of rotatable bonds is 6. The minimum Gasteiger partial charge on any atom is -0.455 e. The van der Waals surface area contributed by atoms with Crippen LogP contribution in [0.1, 0.15) is 0 Å². The number of nitrogens with zero attached hydrogens (tertiary/aromatic N) is 2. The van der Waals surface area contributed by atoms with E-state index < -0.39 is 0 Å². The van der Waals surface area contributed by atoms with Gasteiger partial charge in [-0.3, -0.25) is 0 Å². The van der Waals surface area contributed by atoms with E-state index in [0.29, 0.717) is 5.89 Å². The Morgan fingerprint density at radius 2 is 1.10 bits per heavy atom. The molecule has 0 N–H and O–H groups in total. The van der Waals surface area contributed by atoms with Crippen molar-refractivity contribution in [1.29, 1.82) is 0 Å². The van der Waals surface area contributed by atoms with Gasteiger partial charge in [0.1, 0.15) is 16.7 Å². The van der Waals surface area contributed by atoms with Crippen molar-refractivity contribution in [1.82, 2.24) is 4.98 Å². The lowest BCUT2D eigenvalue weighted by molar-refractivity contribution is 0.620. The fourth-order valence-electron chi connectivity index (χ4n) is 7.26. The van der Waals surface area contributed by atoms with Gasteiger partial charge in [-0.15, -0.1) is 0 Å². The van der Waals surface area contributed by atoms with E-state index in [1.165, 1.54) is 5.39 Å². The molecular formula is C47H30N2O2. The highest BCUT2D eigenvalue weighted by Gasteiger charge is 2.20. The van der Waals surface area contributed by atoms with E-state index >= 15 is 0 Å². The van der Waals surface area contributed by atoms with Crippen LogP contribution in [0.15, 0.2) is 191 Å². The van der Waals surface area contributed by atoms with Crippen LogP contribution >= 0.6 is 0 Å². The molecule has 0 amide bonds. The van der Waals surface area contributed by atoms with Crippen molar-refractivity contribution < 1.29 is 8.83 Å². The lowest BCUT2D eigenvalue weighted by Gasteiger charge is -2.28. The second kappa shape index (κ2) is 11.9. The Labute approximate surface area is 294 Å². The van der Waals surface area contributed by atoms with Crippen LogP contribution in [0.25, 0.3) is 77.5 Å². The zero-order valence-electron chi connectivity index (χ0n) is 27.5. The number of anilines is 3. The Hall–Kier alpha value is -6.91. The van der Waals surface area contributed by atoms with E-state index in [-0.39, 0.29) is 0 Å². The van der Waals surface area contributed by atoms with Crippen LogP contribution in [0.3, 0.4) is 0 Å². The lowest BCUT2D eigenvalue weighted by atomic mass is 10.0. The first-order valence-electron chi connectivity index (χ1n) is 17.1. The largest absolute Gasteiger partial charge is 0.455 e. The standard InChI is InChI=1S/C47H30N2O2/c1-3-12-31(13-4-1)37-17-9-10-20-42(37)49(36-27-29-43-41(30-36)40-28-24-32-14-7-8-18-39(32)46(40)50-43)35-25-22-33(23-26-35)38-19-11-21-44-45(38)48-47(51-44)34-15-5-2-6-16-34/h1-30H. The predicted octanol–water partition coefficient (Wildman–Crippen LogP) is 13.4. The SMILES string of the molecule is c1ccc(-c2nc3c(-c4ccc(N(c5ccc6oc7c8ccccc8ccc7c6c5)c5ccccc5-c5ccccc5)cc4)cccc3o2)cc1. The monoisotopic (exact) mass is 654 g/mol. The van der Waals surface area contributed by atoms with Gasteiger partial charge in [-0.25, -0.2) is 4.98 Å². The van der Waals surface area contributed by atoms with E-state index in [4.69, 9.17) is 13.8 Å². The predicted molar refractivity (Wildman–Crippen MR) is 210 cm³/mol. The molecular weight excluding hydrogens is 625 g/mol. The number of furan rings is 1. The van der Waals surface area contributed by atoms with Crippen LogP contribution in [0, 0.1) is 0 Å². The maximum absolute atomic E-state index is 6.50. The van der Waals surface area contributed by atoms with Gasteiger partial charge in [0.15, 0.2) is 5.58 Å². The molecule has 4 nitrogen and oxygen atoms in total. The fraction of sp³-hybridized carbons (Fsp3) is 0. The summed E-state index contributed by atoms with van der Waals surface area (Å²) in [5, 5.41) is 4.47. The number of fused-ring (bicyclic) bond motifs is 6. The van der Waals surface area contributed by atoms with Crippen molar-refractivity contribution >= 4 is 60.9 Å². The molecule has 0 aliphatic rings. The van der Waals surface area contributed by atoms with E-state index in [1.807, 2.05) is 42.5 Å². The van der Waals surface area contributed by atoms with Gasteiger partial charge < -0.3 is 13.7 Å². The van der Waals surface area contributed by atoms with Gasteiger partial charge in [0.2, 0.25) is 5.89 Å². The van der Waals surface area contributed by atoms with Crippen LogP contribution < -0.4 is 4.90 Å². The van der Waals surface area contributed by atoms with E-state index in [2.05, 4.69) is 144 Å². The lowest BCUT2D eigenvalue weighted by Crippen LogP contribution is -2.11. The van der Waals surface area contributed by atoms with Crippen LogP contribution in [-0.4, -0.2) is 4.98 Å². The second-order valence-corrected chi connectivity index (χ2v) is 12.7. The summed E-state index contributed by atoms with van der Waals surface area (Å²) >= 11 is 0. The Kier molecular flexibility index (Phi) is 6.78. The molecule has 0 radical (unpaired) electrons. The van der Waals surface area contributed by atoms with Gasteiger partial charge in [0, 0.05) is 44.2 Å². The number of aromatic nitrogens is 1. The van der Waals surface area contributed by atoms with Gasteiger partial charge in [-0.1, -0.05) is 121 Å². The molecule has 0 saturated heterocycles. The highest BCUT2D eigenvalue weighted by molar-refractivity contribution is 6.15. The quantitative estimate of drug-likeness (QED) is 0.179. The van der Waals surface area contributed by atoms with Crippen LogP contribution in [0.4, 0.5) is 17.1 Å². The number of para-hydroxylation sites is 2. The molecule has 0 bridgehead atoms. The number of hydrogen-bond acceptors (Lipinski definition) is 4. The zero-order valence-corrected chi connectivity index (χ0v) is 27.5. The molecule has 10 aromatic rings. The molecule has 0 aliphatic carbocycles. The van der Waals surface area contributed by atoms with Gasteiger partial charge in [0.25, 0.3) is 0 Å². The molecule has 0 saturated carbocycles. The molecule has 2 heterocycles. The summed E-state index contributed by atoms with van der Waals surface area (Å²) in [6, 6.07) is 63.3.